The maximum atomic E-state index is 12.6. The molecule has 3 N–H and O–H groups in total. The van der Waals surface area contributed by atoms with Crippen molar-refractivity contribution in [3.8, 4) is 0 Å². The molecule has 7 heteroatoms. The molecule has 2 aromatic rings. The second kappa shape index (κ2) is 9.05. The van der Waals surface area contributed by atoms with Crippen molar-refractivity contribution in [2.75, 3.05) is 0 Å². The number of hydrogen-bond acceptors (Lipinski definition) is 2. The Hall–Kier alpha value is -2.05. The van der Waals surface area contributed by atoms with Crippen LogP contribution >= 0.6 is 12.4 Å². The van der Waals surface area contributed by atoms with E-state index in [9.17, 15) is 18.0 Å². The van der Waals surface area contributed by atoms with Gasteiger partial charge in [-0.2, -0.15) is 13.2 Å². The number of halogens is 4. The highest BCUT2D eigenvalue weighted by Gasteiger charge is 2.30. The molecule has 0 bridgehead atoms. The molecule has 3 unspecified atom stereocenters. The highest BCUT2D eigenvalue weighted by molar-refractivity contribution is 5.85. The molecular weight excluding hydrogens is 365 g/mol. The SMILES string of the molecule is CC(NC(=O)C(C)C(N)c1ccccc1)c1ccc(C(F)(F)F)cc1.Cl. The van der Waals surface area contributed by atoms with Crippen LogP contribution in [0.15, 0.2) is 54.6 Å². The maximum absolute atomic E-state index is 12.6. The van der Waals surface area contributed by atoms with Gasteiger partial charge in [0.05, 0.1) is 17.5 Å². The van der Waals surface area contributed by atoms with Gasteiger partial charge in [-0.1, -0.05) is 49.4 Å². The quantitative estimate of drug-likeness (QED) is 0.786. The van der Waals surface area contributed by atoms with Gasteiger partial charge >= 0.3 is 6.18 Å². The van der Waals surface area contributed by atoms with Crippen LogP contribution in [0.2, 0.25) is 0 Å². The van der Waals surface area contributed by atoms with Crippen LogP contribution in [0.5, 0.6) is 0 Å². The Balaban J connectivity index is 0.00000338. The van der Waals surface area contributed by atoms with Gasteiger partial charge in [0.2, 0.25) is 5.91 Å². The van der Waals surface area contributed by atoms with E-state index in [4.69, 9.17) is 5.73 Å². The molecule has 2 rings (SSSR count). The van der Waals surface area contributed by atoms with Gasteiger partial charge in [-0.3, -0.25) is 4.79 Å². The van der Waals surface area contributed by atoms with Crippen molar-refractivity contribution in [1.82, 2.24) is 5.32 Å². The highest BCUT2D eigenvalue weighted by Crippen LogP contribution is 2.30. The minimum Gasteiger partial charge on any atom is -0.349 e. The zero-order valence-corrected chi connectivity index (χ0v) is 15.3. The Morgan fingerprint density at radius 3 is 2.00 bits per heavy atom. The maximum Gasteiger partial charge on any atom is 0.416 e. The Morgan fingerprint density at radius 1 is 0.962 bits per heavy atom. The predicted molar refractivity (Wildman–Crippen MR) is 97.8 cm³/mol. The van der Waals surface area contributed by atoms with E-state index in [-0.39, 0.29) is 18.3 Å². The molecule has 0 heterocycles. The van der Waals surface area contributed by atoms with Crippen LogP contribution in [0.1, 0.15) is 42.6 Å². The van der Waals surface area contributed by atoms with Crippen molar-refractivity contribution in [2.24, 2.45) is 11.7 Å². The summed E-state index contributed by atoms with van der Waals surface area (Å²) in [4.78, 5) is 12.4. The fraction of sp³-hybridized carbons (Fsp3) is 0.316. The van der Waals surface area contributed by atoms with Crippen LogP contribution in [0, 0.1) is 5.92 Å². The molecule has 0 radical (unpaired) electrons. The molecule has 0 fully saturated rings. The topological polar surface area (TPSA) is 55.1 Å². The lowest BCUT2D eigenvalue weighted by Crippen LogP contribution is -2.36. The Morgan fingerprint density at radius 2 is 1.50 bits per heavy atom. The molecular formula is C19H22ClF3N2O. The van der Waals surface area contributed by atoms with Crippen molar-refractivity contribution >= 4 is 18.3 Å². The third kappa shape index (κ3) is 5.47. The number of hydrogen-bond donors (Lipinski definition) is 2. The molecule has 0 aliphatic rings. The van der Waals surface area contributed by atoms with Gasteiger partial charge in [-0.15, -0.1) is 12.4 Å². The summed E-state index contributed by atoms with van der Waals surface area (Å²) in [5.41, 5.74) is 6.87. The molecule has 1 amide bonds. The van der Waals surface area contributed by atoms with Crippen molar-refractivity contribution in [3.63, 3.8) is 0 Å². The third-order valence-corrected chi connectivity index (χ3v) is 4.23. The molecule has 0 spiro atoms. The predicted octanol–water partition coefficient (Wildman–Crippen LogP) is 4.64. The van der Waals surface area contributed by atoms with E-state index >= 15 is 0 Å². The molecule has 3 atom stereocenters. The summed E-state index contributed by atoms with van der Waals surface area (Å²) < 4.78 is 37.8. The van der Waals surface area contributed by atoms with Crippen LogP contribution in [0.4, 0.5) is 13.2 Å². The van der Waals surface area contributed by atoms with E-state index in [1.807, 2.05) is 30.3 Å². The molecule has 0 aliphatic carbocycles. The molecule has 0 saturated carbocycles. The van der Waals surface area contributed by atoms with Gasteiger partial charge in [-0.05, 0) is 30.2 Å². The van der Waals surface area contributed by atoms with Crippen molar-refractivity contribution in [1.29, 1.82) is 0 Å². The zero-order chi connectivity index (χ0) is 18.6. The lowest BCUT2D eigenvalue weighted by Gasteiger charge is -2.23. The summed E-state index contributed by atoms with van der Waals surface area (Å²) in [6.07, 6.45) is -4.37. The number of rotatable bonds is 5. The smallest absolute Gasteiger partial charge is 0.349 e. The summed E-state index contributed by atoms with van der Waals surface area (Å²) in [7, 11) is 0. The lowest BCUT2D eigenvalue weighted by molar-refractivity contribution is -0.137. The second-order valence-corrected chi connectivity index (χ2v) is 6.08. The molecule has 142 valence electrons. The van der Waals surface area contributed by atoms with Crippen LogP contribution < -0.4 is 11.1 Å². The lowest BCUT2D eigenvalue weighted by atomic mass is 9.94. The van der Waals surface area contributed by atoms with Crippen LogP contribution in [-0.2, 0) is 11.0 Å². The summed E-state index contributed by atoms with van der Waals surface area (Å²) >= 11 is 0. The first-order valence-corrected chi connectivity index (χ1v) is 7.98. The Kier molecular flexibility index (Phi) is 7.66. The number of carbonyl (C=O) groups is 1. The van der Waals surface area contributed by atoms with Gasteiger partial charge in [0.1, 0.15) is 0 Å². The first-order chi connectivity index (χ1) is 11.7. The van der Waals surface area contributed by atoms with Gasteiger partial charge in [-0.25, -0.2) is 0 Å². The second-order valence-electron chi connectivity index (χ2n) is 6.08. The number of nitrogens with two attached hydrogens (primary N) is 1. The van der Waals surface area contributed by atoms with Crippen molar-refractivity contribution in [3.05, 3.63) is 71.3 Å². The largest absolute Gasteiger partial charge is 0.416 e. The van der Waals surface area contributed by atoms with Gasteiger partial charge < -0.3 is 11.1 Å². The Bertz CT molecular complexity index is 705. The molecule has 0 aromatic heterocycles. The van der Waals surface area contributed by atoms with Gasteiger partial charge in [0.15, 0.2) is 0 Å². The number of amides is 1. The molecule has 0 saturated heterocycles. The van der Waals surface area contributed by atoms with Gasteiger partial charge in [0, 0.05) is 6.04 Å². The molecule has 2 aromatic carbocycles. The first kappa shape index (κ1) is 22.0. The standard InChI is InChI=1S/C19H21F3N2O.ClH/c1-12(17(23)15-6-4-3-5-7-15)18(25)24-13(2)14-8-10-16(11-9-14)19(20,21)22;/h3-13,17H,23H2,1-2H3,(H,24,25);1H. The fourth-order valence-electron chi connectivity index (χ4n) is 2.52. The van der Waals surface area contributed by atoms with Crippen LogP contribution in [0.3, 0.4) is 0 Å². The van der Waals surface area contributed by atoms with E-state index in [2.05, 4.69) is 5.32 Å². The normalized spacial score (nSPS) is 14.7. The highest BCUT2D eigenvalue weighted by atomic mass is 35.5. The minimum atomic E-state index is -4.37. The summed E-state index contributed by atoms with van der Waals surface area (Å²) in [6, 6.07) is 13.2. The van der Waals surface area contributed by atoms with E-state index in [0.717, 1.165) is 17.7 Å². The zero-order valence-electron chi connectivity index (χ0n) is 14.5. The van der Waals surface area contributed by atoms with Crippen molar-refractivity contribution in [2.45, 2.75) is 32.1 Å². The third-order valence-electron chi connectivity index (χ3n) is 4.23. The van der Waals surface area contributed by atoms with Crippen LogP contribution in [-0.4, -0.2) is 5.91 Å². The van der Waals surface area contributed by atoms with E-state index in [1.54, 1.807) is 13.8 Å². The average molecular weight is 387 g/mol. The number of carbonyl (C=O) groups excluding carboxylic acids is 1. The minimum absolute atomic E-state index is 0. The van der Waals surface area contributed by atoms with Crippen LogP contribution in [0.25, 0.3) is 0 Å². The monoisotopic (exact) mass is 386 g/mol. The van der Waals surface area contributed by atoms with E-state index in [0.29, 0.717) is 5.56 Å². The molecule has 26 heavy (non-hydrogen) atoms. The van der Waals surface area contributed by atoms with E-state index < -0.39 is 29.7 Å². The summed E-state index contributed by atoms with van der Waals surface area (Å²) in [5.74, 6) is -0.719. The average Bonchev–Trinajstić information content (AvgIpc) is 2.60. The summed E-state index contributed by atoms with van der Waals surface area (Å²) in [6.45, 7) is 3.45. The summed E-state index contributed by atoms with van der Waals surface area (Å²) in [5, 5.41) is 2.80. The van der Waals surface area contributed by atoms with Crippen molar-refractivity contribution < 1.29 is 18.0 Å². The van der Waals surface area contributed by atoms with Gasteiger partial charge in [0.25, 0.3) is 0 Å². The Labute approximate surface area is 157 Å². The fourth-order valence-corrected chi connectivity index (χ4v) is 2.52. The molecule has 3 nitrogen and oxygen atoms in total. The molecule has 0 aliphatic heterocycles. The number of benzene rings is 2. The first-order valence-electron chi connectivity index (χ1n) is 7.98. The number of alkyl halides is 3. The van der Waals surface area contributed by atoms with E-state index in [1.165, 1.54) is 12.1 Å². The number of nitrogens with one attached hydrogen (secondary N) is 1.